The highest BCUT2D eigenvalue weighted by Gasteiger charge is 2.35. The molecule has 0 aliphatic carbocycles. The third-order valence-corrected chi connectivity index (χ3v) is 5.07. The second-order valence-electron chi connectivity index (χ2n) is 7.30. The Hall–Kier alpha value is -2.29. The molecule has 9 heteroatoms. The average molecular weight is 364 g/mol. The fraction of sp³-hybridized carbons (Fsp3) is 0.706. The van der Waals surface area contributed by atoms with Gasteiger partial charge in [-0.2, -0.15) is 0 Å². The minimum absolute atomic E-state index is 0.290. The molecule has 1 fully saturated rings. The Labute approximate surface area is 155 Å². The standard InChI is InChI=1S/C17H32N8O/c1-17(2,14(18)26)25-9-7-24(8-10-25)15(19-3)20-11-13-12-21-16(22(4)5)23(13)6/h12H,7-11H2,1-6H3,(H2,18,26)(H,19,20). The van der Waals surface area contributed by atoms with Gasteiger partial charge in [0.05, 0.1) is 24.0 Å². The molecule has 2 rings (SSSR count). The first kappa shape index (κ1) is 20.0. The number of imidazole rings is 1. The molecule has 0 bridgehead atoms. The van der Waals surface area contributed by atoms with E-state index in [1.54, 1.807) is 7.05 Å². The van der Waals surface area contributed by atoms with Gasteiger partial charge in [-0.15, -0.1) is 0 Å². The summed E-state index contributed by atoms with van der Waals surface area (Å²) in [6.45, 7) is 7.54. The van der Waals surface area contributed by atoms with Crippen LogP contribution in [0.4, 0.5) is 5.95 Å². The number of anilines is 1. The van der Waals surface area contributed by atoms with Crippen LogP contribution < -0.4 is 16.0 Å². The highest BCUT2D eigenvalue weighted by molar-refractivity contribution is 5.84. The van der Waals surface area contributed by atoms with Gasteiger partial charge in [-0.1, -0.05) is 0 Å². The van der Waals surface area contributed by atoms with E-state index in [1.165, 1.54) is 0 Å². The number of primary amides is 1. The van der Waals surface area contributed by atoms with Gasteiger partial charge in [-0.3, -0.25) is 14.7 Å². The van der Waals surface area contributed by atoms with Crippen molar-refractivity contribution in [3.05, 3.63) is 11.9 Å². The van der Waals surface area contributed by atoms with Crippen LogP contribution in [0, 0.1) is 0 Å². The number of aliphatic imine (C=N–C) groups is 1. The molecule has 26 heavy (non-hydrogen) atoms. The Morgan fingerprint density at radius 2 is 1.96 bits per heavy atom. The molecular weight excluding hydrogens is 332 g/mol. The van der Waals surface area contributed by atoms with Crippen LogP contribution in [0.5, 0.6) is 0 Å². The lowest BCUT2D eigenvalue weighted by Crippen LogP contribution is -2.61. The molecule has 0 aromatic carbocycles. The summed E-state index contributed by atoms with van der Waals surface area (Å²) >= 11 is 0. The molecule has 1 aliphatic rings. The molecule has 0 spiro atoms. The van der Waals surface area contributed by atoms with Gasteiger partial charge in [0.2, 0.25) is 11.9 Å². The van der Waals surface area contributed by atoms with E-state index in [0.717, 1.165) is 43.8 Å². The topological polar surface area (TPSA) is 95.0 Å². The van der Waals surface area contributed by atoms with Crippen LogP contribution >= 0.6 is 0 Å². The van der Waals surface area contributed by atoms with Crippen LogP contribution in [0.3, 0.4) is 0 Å². The second kappa shape index (κ2) is 7.94. The third-order valence-electron chi connectivity index (χ3n) is 5.07. The van der Waals surface area contributed by atoms with Gasteiger partial charge < -0.3 is 25.4 Å². The summed E-state index contributed by atoms with van der Waals surface area (Å²) < 4.78 is 2.06. The molecule has 0 saturated carbocycles. The number of carbonyl (C=O) groups is 1. The Morgan fingerprint density at radius 1 is 1.35 bits per heavy atom. The Bertz CT molecular complexity index is 656. The lowest BCUT2D eigenvalue weighted by molar-refractivity contribution is -0.129. The van der Waals surface area contributed by atoms with Gasteiger partial charge in [0.1, 0.15) is 0 Å². The van der Waals surface area contributed by atoms with Crippen molar-refractivity contribution in [3.63, 3.8) is 0 Å². The van der Waals surface area contributed by atoms with E-state index < -0.39 is 5.54 Å². The largest absolute Gasteiger partial charge is 0.368 e. The number of nitrogens with two attached hydrogens (primary N) is 1. The van der Waals surface area contributed by atoms with Crippen LogP contribution in [0.15, 0.2) is 11.2 Å². The molecule has 1 aromatic rings. The molecule has 1 amide bonds. The average Bonchev–Trinajstić information content (AvgIpc) is 2.97. The van der Waals surface area contributed by atoms with Crippen LogP contribution in [0.25, 0.3) is 0 Å². The van der Waals surface area contributed by atoms with E-state index in [2.05, 4.69) is 29.7 Å². The first-order chi connectivity index (χ1) is 12.2. The number of aromatic nitrogens is 2. The molecule has 0 radical (unpaired) electrons. The Kier molecular flexibility index (Phi) is 6.12. The molecule has 0 unspecified atom stereocenters. The summed E-state index contributed by atoms with van der Waals surface area (Å²) in [5.74, 6) is 1.48. The van der Waals surface area contributed by atoms with Gasteiger partial charge in [-0.05, 0) is 13.8 Å². The van der Waals surface area contributed by atoms with Gasteiger partial charge in [0.25, 0.3) is 0 Å². The molecule has 2 heterocycles. The quantitative estimate of drug-likeness (QED) is 0.537. The summed E-state index contributed by atoms with van der Waals surface area (Å²) in [5, 5.41) is 3.41. The van der Waals surface area contributed by atoms with Crippen molar-refractivity contribution in [1.82, 2.24) is 24.7 Å². The lowest BCUT2D eigenvalue weighted by atomic mass is 10.0. The maximum atomic E-state index is 11.7. The molecule has 9 nitrogen and oxygen atoms in total. The molecule has 1 saturated heterocycles. The summed E-state index contributed by atoms with van der Waals surface area (Å²) in [7, 11) is 7.75. The summed E-state index contributed by atoms with van der Waals surface area (Å²) in [4.78, 5) is 26.8. The maximum Gasteiger partial charge on any atom is 0.237 e. The number of nitrogens with one attached hydrogen (secondary N) is 1. The zero-order valence-electron chi connectivity index (χ0n) is 16.8. The van der Waals surface area contributed by atoms with Gasteiger partial charge in [0, 0.05) is 54.4 Å². The summed E-state index contributed by atoms with van der Waals surface area (Å²) in [6.07, 6.45) is 1.88. The molecule has 0 atom stereocenters. The van der Waals surface area contributed by atoms with E-state index in [9.17, 15) is 4.79 Å². The predicted molar refractivity (Wildman–Crippen MR) is 104 cm³/mol. The number of amides is 1. The normalized spacial score (nSPS) is 16.7. The van der Waals surface area contributed by atoms with Crippen molar-refractivity contribution in [1.29, 1.82) is 0 Å². The first-order valence-corrected chi connectivity index (χ1v) is 8.87. The Balaban J connectivity index is 1.94. The second-order valence-corrected chi connectivity index (χ2v) is 7.30. The van der Waals surface area contributed by atoms with E-state index in [4.69, 9.17) is 5.73 Å². The van der Waals surface area contributed by atoms with Crippen molar-refractivity contribution >= 4 is 17.8 Å². The van der Waals surface area contributed by atoms with E-state index in [-0.39, 0.29) is 5.91 Å². The lowest BCUT2D eigenvalue weighted by Gasteiger charge is -2.43. The van der Waals surface area contributed by atoms with Crippen LogP contribution in [-0.4, -0.2) is 84.1 Å². The van der Waals surface area contributed by atoms with E-state index in [0.29, 0.717) is 6.54 Å². The monoisotopic (exact) mass is 364 g/mol. The van der Waals surface area contributed by atoms with Crippen molar-refractivity contribution in [2.75, 3.05) is 52.2 Å². The number of piperazine rings is 1. The number of nitrogens with zero attached hydrogens (tertiary/aromatic N) is 6. The fourth-order valence-corrected chi connectivity index (χ4v) is 3.15. The maximum absolute atomic E-state index is 11.7. The third kappa shape index (κ3) is 4.09. The minimum atomic E-state index is -0.625. The first-order valence-electron chi connectivity index (χ1n) is 8.87. The summed E-state index contributed by atoms with van der Waals surface area (Å²) in [5.41, 5.74) is 5.99. The number of rotatable bonds is 5. The molecule has 146 valence electrons. The van der Waals surface area contributed by atoms with Gasteiger partial charge in [-0.25, -0.2) is 4.98 Å². The smallest absolute Gasteiger partial charge is 0.237 e. The Morgan fingerprint density at radius 3 is 2.42 bits per heavy atom. The molecule has 3 N–H and O–H groups in total. The fourth-order valence-electron chi connectivity index (χ4n) is 3.15. The van der Waals surface area contributed by atoms with Crippen LogP contribution in [0.1, 0.15) is 19.5 Å². The van der Waals surface area contributed by atoms with Crippen molar-refractivity contribution in [3.8, 4) is 0 Å². The van der Waals surface area contributed by atoms with E-state index in [1.807, 2.05) is 46.1 Å². The SMILES string of the molecule is CN=C(NCc1cnc(N(C)C)n1C)N1CCN(C(C)(C)C(N)=O)CC1. The highest BCUT2D eigenvalue weighted by Crippen LogP contribution is 2.17. The number of guanidine groups is 1. The molecular formula is C17H32N8O. The number of hydrogen-bond acceptors (Lipinski definition) is 5. The number of carbonyl (C=O) groups excluding carboxylic acids is 1. The van der Waals surface area contributed by atoms with Gasteiger partial charge in [0.15, 0.2) is 5.96 Å². The number of hydrogen-bond donors (Lipinski definition) is 2. The molecule has 1 aliphatic heterocycles. The predicted octanol–water partition coefficient (Wildman–Crippen LogP) is -0.557. The zero-order chi connectivity index (χ0) is 19.5. The minimum Gasteiger partial charge on any atom is -0.368 e. The van der Waals surface area contributed by atoms with E-state index >= 15 is 0 Å². The van der Waals surface area contributed by atoms with Crippen molar-refractivity contribution in [2.45, 2.75) is 25.9 Å². The van der Waals surface area contributed by atoms with Crippen LogP contribution in [-0.2, 0) is 18.4 Å². The van der Waals surface area contributed by atoms with Crippen LogP contribution in [0.2, 0.25) is 0 Å². The highest BCUT2D eigenvalue weighted by atomic mass is 16.1. The van der Waals surface area contributed by atoms with Crippen molar-refractivity contribution in [2.24, 2.45) is 17.8 Å². The van der Waals surface area contributed by atoms with Crippen molar-refractivity contribution < 1.29 is 4.79 Å². The molecule has 1 aromatic heterocycles. The van der Waals surface area contributed by atoms with Gasteiger partial charge >= 0.3 is 0 Å². The summed E-state index contributed by atoms with van der Waals surface area (Å²) in [6, 6.07) is 0. The zero-order valence-corrected chi connectivity index (χ0v) is 16.8.